The van der Waals surface area contributed by atoms with Crippen molar-refractivity contribution in [3.63, 3.8) is 0 Å². The Hall–Kier alpha value is -2.50. The number of rotatable bonds is 3. The van der Waals surface area contributed by atoms with Crippen LogP contribution in [-0.4, -0.2) is 33.9 Å². The molecule has 1 N–H and O–H groups in total. The molecular formula is C17H18FN3O2. The fourth-order valence-corrected chi connectivity index (χ4v) is 2.90. The quantitative estimate of drug-likeness (QED) is 0.941. The van der Waals surface area contributed by atoms with Crippen LogP contribution in [0.15, 0.2) is 35.4 Å². The molecular weight excluding hydrogens is 297 g/mol. The molecule has 5 nitrogen and oxygen atoms in total. The van der Waals surface area contributed by atoms with Gasteiger partial charge in [-0.05, 0) is 42.9 Å². The average molecular weight is 315 g/mol. The standard InChI is InChI=1S/C17H18FN3O2/c1-11-2-3-12(7-14(11)18)6-13-4-5-21(10-13)17(23)15-8-20-16(22)9-19-15/h2-3,7-9,13H,4-6,10H2,1H3,(H,20,22). The molecule has 3 rings (SSSR count). The maximum absolute atomic E-state index is 13.6. The van der Waals surface area contributed by atoms with Crippen LogP contribution in [0.1, 0.15) is 28.0 Å². The lowest BCUT2D eigenvalue weighted by atomic mass is 9.98. The lowest BCUT2D eigenvalue weighted by molar-refractivity contribution is 0.0780. The Morgan fingerprint density at radius 1 is 1.48 bits per heavy atom. The molecule has 0 radical (unpaired) electrons. The van der Waals surface area contributed by atoms with Crippen molar-refractivity contribution < 1.29 is 9.18 Å². The van der Waals surface area contributed by atoms with E-state index in [1.807, 2.05) is 6.07 Å². The molecule has 1 amide bonds. The van der Waals surface area contributed by atoms with Crippen LogP contribution in [0.2, 0.25) is 0 Å². The second-order valence-electron chi connectivity index (χ2n) is 5.99. The third-order valence-electron chi connectivity index (χ3n) is 4.22. The first-order valence-corrected chi connectivity index (χ1v) is 7.62. The molecule has 1 aromatic carbocycles. The fraction of sp³-hybridized carbons (Fsp3) is 0.353. The van der Waals surface area contributed by atoms with Crippen molar-refractivity contribution >= 4 is 5.91 Å². The van der Waals surface area contributed by atoms with Crippen LogP contribution in [0.5, 0.6) is 0 Å². The second kappa shape index (κ2) is 6.32. The molecule has 0 saturated carbocycles. The van der Waals surface area contributed by atoms with Crippen molar-refractivity contribution in [2.24, 2.45) is 5.92 Å². The van der Waals surface area contributed by atoms with Gasteiger partial charge in [0.2, 0.25) is 0 Å². The summed E-state index contributed by atoms with van der Waals surface area (Å²) >= 11 is 0. The van der Waals surface area contributed by atoms with Crippen LogP contribution in [-0.2, 0) is 6.42 Å². The van der Waals surface area contributed by atoms with E-state index in [1.54, 1.807) is 24.0 Å². The molecule has 1 saturated heterocycles. The molecule has 1 atom stereocenters. The third-order valence-corrected chi connectivity index (χ3v) is 4.22. The Bertz CT molecular complexity index is 767. The number of carbonyl (C=O) groups excluding carboxylic acids is 1. The van der Waals surface area contributed by atoms with E-state index in [4.69, 9.17) is 0 Å². The number of aromatic nitrogens is 2. The van der Waals surface area contributed by atoms with Gasteiger partial charge in [0.05, 0.1) is 6.20 Å². The van der Waals surface area contributed by atoms with Crippen molar-refractivity contribution in [3.8, 4) is 0 Å². The number of carbonyl (C=O) groups is 1. The summed E-state index contributed by atoms with van der Waals surface area (Å²) in [4.78, 5) is 31.4. The Kier molecular flexibility index (Phi) is 4.23. The highest BCUT2D eigenvalue weighted by Crippen LogP contribution is 2.23. The van der Waals surface area contributed by atoms with Gasteiger partial charge < -0.3 is 9.88 Å². The van der Waals surface area contributed by atoms with Gasteiger partial charge in [0, 0.05) is 19.3 Å². The highest BCUT2D eigenvalue weighted by atomic mass is 19.1. The number of nitrogens with zero attached hydrogens (tertiary/aromatic N) is 2. The van der Waals surface area contributed by atoms with Crippen molar-refractivity contribution in [3.05, 3.63) is 63.6 Å². The van der Waals surface area contributed by atoms with Crippen LogP contribution >= 0.6 is 0 Å². The first-order valence-electron chi connectivity index (χ1n) is 7.62. The summed E-state index contributed by atoms with van der Waals surface area (Å²) in [5.74, 6) is -0.0616. The van der Waals surface area contributed by atoms with E-state index in [2.05, 4.69) is 9.97 Å². The van der Waals surface area contributed by atoms with Crippen molar-refractivity contribution in [2.45, 2.75) is 19.8 Å². The van der Waals surface area contributed by atoms with Gasteiger partial charge in [-0.3, -0.25) is 9.59 Å². The van der Waals surface area contributed by atoms with Gasteiger partial charge in [0.15, 0.2) is 0 Å². The highest BCUT2D eigenvalue weighted by Gasteiger charge is 2.27. The van der Waals surface area contributed by atoms with Crippen molar-refractivity contribution in [2.75, 3.05) is 13.1 Å². The summed E-state index contributed by atoms with van der Waals surface area (Å²) in [6.45, 7) is 3.01. The summed E-state index contributed by atoms with van der Waals surface area (Å²) in [5, 5.41) is 0. The number of aromatic amines is 1. The fourth-order valence-electron chi connectivity index (χ4n) is 2.90. The summed E-state index contributed by atoms with van der Waals surface area (Å²) in [6.07, 6.45) is 4.08. The van der Waals surface area contributed by atoms with E-state index in [1.165, 1.54) is 6.20 Å². The lowest BCUT2D eigenvalue weighted by Gasteiger charge is -2.16. The number of halogens is 1. The number of hydrogen-bond acceptors (Lipinski definition) is 3. The zero-order valence-corrected chi connectivity index (χ0v) is 12.9. The number of amides is 1. The van der Waals surface area contributed by atoms with E-state index < -0.39 is 0 Å². The Labute approximate surface area is 133 Å². The van der Waals surface area contributed by atoms with Gasteiger partial charge >= 0.3 is 0 Å². The molecule has 0 spiro atoms. The van der Waals surface area contributed by atoms with Crippen molar-refractivity contribution in [1.29, 1.82) is 0 Å². The van der Waals surface area contributed by atoms with Gasteiger partial charge in [-0.2, -0.15) is 0 Å². The topological polar surface area (TPSA) is 66.1 Å². The minimum absolute atomic E-state index is 0.182. The molecule has 2 aromatic rings. The number of hydrogen-bond donors (Lipinski definition) is 1. The van der Waals surface area contributed by atoms with Gasteiger partial charge in [0.25, 0.3) is 11.5 Å². The molecule has 1 aliphatic rings. The summed E-state index contributed by atoms with van der Waals surface area (Å²) in [5.41, 5.74) is 1.50. The number of nitrogens with one attached hydrogen (secondary N) is 1. The van der Waals surface area contributed by atoms with E-state index in [-0.39, 0.29) is 23.0 Å². The lowest BCUT2D eigenvalue weighted by Crippen LogP contribution is -2.30. The second-order valence-corrected chi connectivity index (χ2v) is 5.99. The van der Waals surface area contributed by atoms with E-state index in [0.29, 0.717) is 24.6 Å². The number of H-pyrrole nitrogens is 1. The highest BCUT2D eigenvalue weighted by molar-refractivity contribution is 5.92. The molecule has 0 bridgehead atoms. The maximum Gasteiger partial charge on any atom is 0.273 e. The third kappa shape index (κ3) is 3.47. The predicted octanol–water partition coefficient (Wildman–Crippen LogP) is 1.92. The van der Waals surface area contributed by atoms with Crippen LogP contribution < -0.4 is 5.56 Å². The van der Waals surface area contributed by atoms with Crippen LogP contribution in [0.25, 0.3) is 0 Å². The Morgan fingerprint density at radius 3 is 3.00 bits per heavy atom. The molecule has 2 heterocycles. The minimum Gasteiger partial charge on any atom is -0.337 e. The zero-order chi connectivity index (χ0) is 16.4. The van der Waals surface area contributed by atoms with Crippen LogP contribution in [0.3, 0.4) is 0 Å². The van der Waals surface area contributed by atoms with Crippen LogP contribution in [0.4, 0.5) is 4.39 Å². The number of likely N-dealkylation sites (tertiary alicyclic amines) is 1. The summed E-state index contributed by atoms with van der Waals surface area (Å²) in [7, 11) is 0. The average Bonchev–Trinajstić information content (AvgIpc) is 2.99. The molecule has 1 aromatic heterocycles. The first kappa shape index (κ1) is 15.4. The normalized spacial score (nSPS) is 17.5. The molecule has 6 heteroatoms. The van der Waals surface area contributed by atoms with Gasteiger partial charge in [-0.25, -0.2) is 9.37 Å². The zero-order valence-electron chi connectivity index (χ0n) is 12.9. The van der Waals surface area contributed by atoms with Gasteiger partial charge in [0.1, 0.15) is 11.5 Å². The molecule has 0 aliphatic carbocycles. The number of benzene rings is 1. The molecule has 1 fully saturated rings. The van der Waals surface area contributed by atoms with E-state index in [9.17, 15) is 14.0 Å². The van der Waals surface area contributed by atoms with Gasteiger partial charge in [-0.15, -0.1) is 0 Å². The predicted molar refractivity (Wildman–Crippen MR) is 83.7 cm³/mol. The maximum atomic E-state index is 13.6. The van der Waals surface area contributed by atoms with Crippen LogP contribution in [0, 0.1) is 18.7 Å². The van der Waals surface area contributed by atoms with Crippen molar-refractivity contribution in [1.82, 2.24) is 14.9 Å². The van der Waals surface area contributed by atoms with Gasteiger partial charge in [-0.1, -0.05) is 12.1 Å². The molecule has 1 unspecified atom stereocenters. The van der Waals surface area contributed by atoms with E-state index in [0.717, 1.165) is 24.6 Å². The largest absolute Gasteiger partial charge is 0.337 e. The molecule has 120 valence electrons. The van der Waals surface area contributed by atoms with E-state index >= 15 is 0 Å². The molecule has 23 heavy (non-hydrogen) atoms. The monoisotopic (exact) mass is 315 g/mol. The SMILES string of the molecule is Cc1ccc(CC2CCN(C(=O)c3c[nH]c(=O)cn3)C2)cc1F. The first-order chi connectivity index (χ1) is 11.0. The Morgan fingerprint density at radius 2 is 2.30 bits per heavy atom. The number of aryl methyl sites for hydroxylation is 1. The summed E-state index contributed by atoms with van der Waals surface area (Å²) in [6, 6.07) is 5.29. The smallest absolute Gasteiger partial charge is 0.273 e. The minimum atomic E-state index is -0.331. The molecule has 1 aliphatic heterocycles. The summed E-state index contributed by atoms with van der Waals surface area (Å²) < 4.78 is 13.6. The Balaban J connectivity index is 1.63.